The molecule has 0 spiro atoms. The van der Waals surface area contributed by atoms with Crippen molar-refractivity contribution in [3.05, 3.63) is 35.6 Å². The Labute approximate surface area is 123 Å². The molecular formula is C16H20FNO3. The Morgan fingerprint density at radius 1 is 1.38 bits per heavy atom. The first kappa shape index (κ1) is 15.5. The maximum Gasteiger partial charge on any atom is 0.326 e. The van der Waals surface area contributed by atoms with Gasteiger partial charge in [0.15, 0.2) is 0 Å². The minimum Gasteiger partial charge on any atom is -0.480 e. The molecule has 1 aromatic rings. The highest BCUT2D eigenvalue weighted by Gasteiger charge is 2.35. The molecule has 2 unspecified atom stereocenters. The average Bonchev–Trinajstić information content (AvgIpc) is 2.48. The standard InChI is InChI=1S/C16H20FNO3/c1-2-11-7-8-18(14(9-11)16(20)21)15(19)10-12-5-3-4-6-13(12)17/h3-6,11,14H,2,7-10H2,1H3,(H,20,21). The van der Waals surface area contributed by atoms with E-state index in [2.05, 4.69) is 0 Å². The molecule has 1 aliphatic rings. The number of halogens is 1. The predicted octanol–water partition coefficient (Wildman–Crippen LogP) is 2.47. The van der Waals surface area contributed by atoms with Crippen LogP contribution in [0.25, 0.3) is 0 Å². The summed E-state index contributed by atoms with van der Waals surface area (Å²) in [7, 11) is 0. The van der Waals surface area contributed by atoms with Crippen LogP contribution in [0, 0.1) is 11.7 Å². The van der Waals surface area contributed by atoms with Gasteiger partial charge in [-0.3, -0.25) is 4.79 Å². The number of carboxylic acid groups (broad SMARTS) is 1. The van der Waals surface area contributed by atoms with Crippen LogP contribution in [-0.2, 0) is 16.0 Å². The van der Waals surface area contributed by atoms with E-state index in [-0.39, 0.29) is 12.3 Å². The van der Waals surface area contributed by atoms with Crippen molar-refractivity contribution in [2.24, 2.45) is 5.92 Å². The Morgan fingerprint density at radius 3 is 2.71 bits per heavy atom. The normalized spacial score (nSPS) is 22.1. The van der Waals surface area contributed by atoms with Gasteiger partial charge < -0.3 is 10.0 Å². The zero-order valence-electron chi connectivity index (χ0n) is 12.1. The molecule has 0 bridgehead atoms. The number of aliphatic carboxylic acids is 1. The molecule has 1 heterocycles. The molecule has 1 fully saturated rings. The molecule has 2 rings (SSSR count). The molecule has 21 heavy (non-hydrogen) atoms. The van der Waals surface area contributed by atoms with E-state index in [0.29, 0.717) is 24.4 Å². The molecule has 0 aromatic heterocycles. The van der Waals surface area contributed by atoms with Crippen molar-refractivity contribution in [1.82, 2.24) is 4.90 Å². The lowest BCUT2D eigenvalue weighted by Crippen LogP contribution is -2.50. The molecule has 4 nitrogen and oxygen atoms in total. The summed E-state index contributed by atoms with van der Waals surface area (Å²) in [5, 5.41) is 9.32. The minimum absolute atomic E-state index is 0.0900. The van der Waals surface area contributed by atoms with Gasteiger partial charge in [-0.1, -0.05) is 31.5 Å². The van der Waals surface area contributed by atoms with Gasteiger partial charge >= 0.3 is 5.97 Å². The molecular weight excluding hydrogens is 273 g/mol. The molecule has 114 valence electrons. The number of nitrogens with zero attached hydrogens (tertiary/aromatic N) is 1. The topological polar surface area (TPSA) is 57.6 Å². The average molecular weight is 293 g/mol. The zero-order valence-corrected chi connectivity index (χ0v) is 12.1. The number of carboxylic acids is 1. The van der Waals surface area contributed by atoms with Crippen molar-refractivity contribution in [2.75, 3.05) is 6.54 Å². The molecule has 1 aromatic carbocycles. The number of hydrogen-bond donors (Lipinski definition) is 1. The first-order chi connectivity index (χ1) is 10.0. The third-order valence-electron chi connectivity index (χ3n) is 4.19. The molecule has 1 N–H and O–H groups in total. The number of piperidine rings is 1. The molecule has 0 saturated carbocycles. The van der Waals surface area contributed by atoms with E-state index in [4.69, 9.17) is 0 Å². The smallest absolute Gasteiger partial charge is 0.326 e. The summed E-state index contributed by atoms with van der Waals surface area (Å²) in [6.45, 7) is 2.46. The van der Waals surface area contributed by atoms with Gasteiger partial charge in [0.05, 0.1) is 6.42 Å². The highest BCUT2D eigenvalue weighted by molar-refractivity contribution is 5.85. The second-order valence-electron chi connectivity index (χ2n) is 5.51. The maximum absolute atomic E-state index is 13.6. The van der Waals surface area contributed by atoms with Crippen LogP contribution >= 0.6 is 0 Å². The molecule has 0 radical (unpaired) electrons. The SMILES string of the molecule is CCC1CCN(C(=O)Cc2ccccc2F)C(C(=O)O)C1. The number of benzene rings is 1. The van der Waals surface area contributed by atoms with Gasteiger partial charge in [-0.25, -0.2) is 9.18 Å². The van der Waals surface area contributed by atoms with Crippen LogP contribution in [0.15, 0.2) is 24.3 Å². The lowest BCUT2D eigenvalue weighted by Gasteiger charge is -2.37. The van der Waals surface area contributed by atoms with Crippen LogP contribution in [0.3, 0.4) is 0 Å². The molecule has 0 aliphatic carbocycles. The number of rotatable bonds is 4. The van der Waals surface area contributed by atoms with Gasteiger partial charge in [0, 0.05) is 6.54 Å². The highest BCUT2D eigenvalue weighted by Crippen LogP contribution is 2.26. The van der Waals surface area contributed by atoms with Crippen LogP contribution < -0.4 is 0 Å². The Kier molecular flexibility index (Phi) is 4.94. The first-order valence-corrected chi connectivity index (χ1v) is 7.28. The summed E-state index contributed by atoms with van der Waals surface area (Å²) >= 11 is 0. The van der Waals surface area contributed by atoms with E-state index in [1.807, 2.05) is 6.92 Å². The van der Waals surface area contributed by atoms with Crippen LogP contribution in [-0.4, -0.2) is 34.5 Å². The minimum atomic E-state index is -0.977. The fourth-order valence-corrected chi connectivity index (χ4v) is 2.85. The Bertz CT molecular complexity index is 532. The summed E-state index contributed by atoms with van der Waals surface area (Å²) in [6, 6.07) is 5.31. The third-order valence-corrected chi connectivity index (χ3v) is 4.19. The van der Waals surface area contributed by atoms with Gasteiger partial charge in [-0.05, 0) is 30.4 Å². The summed E-state index contributed by atoms with van der Waals surface area (Å²) < 4.78 is 13.6. The number of likely N-dealkylation sites (tertiary alicyclic amines) is 1. The van der Waals surface area contributed by atoms with Gasteiger partial charge in [-0.15, -0.1) is 0 Å². The van der Waals surface area contributed by atoms with E-state index < -0.39 is 17.8 Å². The van der Waals surface area contributed by atoms with E-state index in [1.165, 1.54) is 11.0 Å². The van der Waals surface area contributed by atoms with Crippen molar-refractivity contribution >= 4 is 11.9 Å². The summed E-state index contributed by atoms with van der Waals surface area (Å²) in [5.74, 6) is -1.39. The van der Waals surface area contributed by atoms with Crippen molar-refractivity contribution in [1.29, 1.82) is 0 Å². The summed E-state index contributed by atoms with van der Waals surface area (Å²) in [5.41, 5.74) is 0.309. The molecule has 1 aliphatic heterocycles. The van der Waals surface area contributed by atoms with E-state index in [1.54, 1.807) is 18.2 Å². The third kappa shape index (κ3) is 3.60. The van der Waals surface area contributed by atoms with E-state index in [9.17, 15) is 19.1 Å². The van der Waals surface area contributed by atoms with Crippen molar-refractivity contribution < 1.29 is 19.1 Å². The Morgan fingerprint density at radius 2 is 2.10 bits per heavy atom. The lowest BCUT2D eigenvalue weighted by atomic mass is 9.88. The van der Waals surface area contributed by atoms with Crippen LogP contribution in [0.5, 0.6) is 0 Å². The zero-order chi connectivity index (χ0) is 15.4. The maximum atomic E-state index is 13.6. The fraction of sp³-hybridized carbons (Fsp3) is 0.500. The molecule has 1 saturated heterocycles. The van der Waals surface area contributed by atoms with E-state index in [0.717, 1.165) is 12.8 Å². The highest BCUT2D eigenvalue weighted by atomic mass is 19.1. The number of carbonyl (C=O) groups excluding carboxylic acids is 1. The monoisotopic (exact) mass is 293 g/mol. The largest absolute Gasteiger partial charge is 0.480 e. The lowest BCUT2D eigenvalue weighted by molar-refractivity contribution is -0.153. The fourth-order valence-electron chi connectivity index (χ4n) is 2.85. The Balaban J connectivity index is 2.10. The van der Waals surface area contributed by atoms with Gasteiger partial charge in [-0.2, -0.15) is 0 Å². The predicted molar refractivity (Wildman–Crippen MR) is 76.3 cm³/mol. The van der Waals surface area contributed by atoms with Gasteiger partial charge in [0.25, 0.3) is 0 Å². The quantitative estimate of drug-likeness (QED) is 0.927. The molecule has 2 atom stereocenters. The number of hydrogen-bond acceptors (Lipinski definition) is 2. The number of amides is 1. The van der Waals surface area contributed by atoms with Crippen LogP contribution in [0.2, 0.25) is 0 Å². The second-order valence-corrected chi connectivity index (χ2v) is 5.51. The van der Waals surface area contributed by atoms with Gasteiger partial charge in [0.1, 0.15) is 11.9 Å². The molecule has 1 amide bonds. The van der Waals surface area contributed by atoms with Crippen molar-refractivity contribution in [3.63, 3.8) is 0 Å². The van der Waals surface area contributed by atoms with E-state index >= 15 is 0 Å². The summed E-state index contributed by atoms with van der Waals surface area (Å²) in [6.07, 6.45) is 2.12. The second kappa shape index (κ2) is 6.70. The summed E-state index contributed by atoms with van der Waals surface area (Å²) in [4.78, 5) is 25.1. The van der Waals surface area contributed by atoms with Crippen molar-refractivity contribution in [3.8, 4) is 0 Å². The molecule has 5 heteroatoms. The Hall–Kier alpha value is -1.91. The first-order valence-electron chi connectivity index (χ1n) is 7.28. The van der Waals surface area contributed by atoms with Crippen LogP contribution in [0.1, 0.15) is 31.7 Å². The number of carbonyl (C=O) groups is 2. The van der Waals surface area contributed by atoms with Crippen LogP contribution in [0.4, 0.5) is 4.39 Å². The van der Waals surface area contributed by atoms with Gasteiger partial charge in [0.2, 0.25) is 5.91 Å². The van der Waals surface area contributed by atoms with Crippen molar-refractivity contribution in [2.45, 2.75) is 38.6 Å².